The topological polar surface area (TPSA) is 266 Å². The molecule has 0 aliphatic rings. The van der Waals surface area contributed by atoms with E-state index in [2.05, 4.69) is 26.1 Å². The van der Waals surface area contributed by atoms with Crippen LogP contribution in [0.3, 0.4) is 0 Å². The summed E-state index contributed by atoms with van der Waals surface area (Å²) in [6, 6.07) is 0. The molecule has 4 N–H and O–H groups in total. The molecule has 0 radical (unpaired) electrons. The van der Waals surface area contributed by atoms with E-state index in [-0.39, 0.29) is 31.6 Å². The summed E-state index contributed by atoms with van der Waals surface area (Å²) in [6.45, 7) is 4.87. The summed E-state index contributed by atoms with van der Waals surface area (Å²) in [5, 5.41) is 13.4. The molecule has 0 aromatic carbocycles. The van der Waals surface area contributed by atoms with Crippen LogP contribution >= 0.6 is 15.6 Å². The van der Waals surface area contributed by atoms with Gasteiger partial charge in [-0.3, -0.25) is 42.1 Å². The van der Waals surface area contributed by atoms with Gasteiger partial charge in [0.05, 0.1) is 26.4 Å². The highest BCUT2D eigenvalue weighted by molar-refractivity contribution is 7.47. The first-order valence-corrected chi connectivity index (χ1v) is 40.4. The van der Waals surface area contributed by atoms with Gasteiger partial charge >= 0.3 is 39.5 Å². The molecule has 0 aliphatic carbocycles. The van der Waals surface area contributed by atoms with E-state index in [4.69, 9.17) is 37.0 Å². The first-order valence-electron chi connectivity index (χ1n) is 37.4. The van der Waals surface area contributed by atoms with Gasteiger partial charge in [-0.05, 0) is 32.1 Å². The van der Waals surface area contributed by atoms with Gasteiger partial charge in [0, 0.05) is 39.2 Å². The number of aliphatic hydroxyl groups excluding tert-OH is 1. The molecule has 5 atom stereocenters. The van der Waals surface area contributed by atoms with E-state index in [0.29, 0.717) is 32.2 Å². The predicted octanol–water partition coefficient (Wildman–Crippen LogP) is 19.0. The van der Waals surface area contributed by atoms with Crippen molar-refractivity contribution >= 4 is 45.4 Å². The molecular weight excluding hydrogens is 1220 g/mol. The fourth-order valence-corrected chi connectivity index (χ4v) is 12.4. The number of unbranched alkanes of at least 4 members (excludes halogenated alkanes) is 44. The monoisotopic (exact) mass is 1350 g/mol. The van der Waals surface area contributed by atoms with Crippen molar-refractivity contribution in [2.45, 2.75) is 380 Å². The lowest BCUT2D eigenvalue weighted by Crippen LogP contribution is -2.30. The average molecular weight is 1350 g/mol. The van der Waals surface area contributed by atoms with E-state index in [9.17, 15) is 48.0 Å². The summed E-state index contributed by atoms with van der Waals surface area (Å²) >= 11 is 0. The summed E-state index contributed by atoms with van der Waals surface area (Å²) in [6.07, 6.45) is 49.8. The fourth-order valence-electron chi connectivity index (χ4n) is 10.8. The second kappa shape index (κ2) is 65.8. The van der Waals surface area contributed by atoms with E-state index in [1.165, 1.54) is 167 Å². The van der Waals surface area contributed by atoms with Crippen molar-refractivity contribution in [3.05, 3.63) is 0 Å². The predicted molar refractivity (Wildman–Crippen MR) is 367 cm³/mol. The number of hydrogen-bond donors (Lipinski definition) is 4. The zero-order valence-corrected chi connectivity index (χ0v) is 60.6. The minimum absolute atomic E-state index is 0.0132. The lowest BCUT2D eigenvalue weighted by molar-refractivity contribution is -0.161. The first kappa shape index (κ1) is 89.5. The molecule has 0 bridgehead atoms. The van der Waals surface area contributed by atoms with Crippen molar-refractivity contribution in [1.29, 1.82) is 0 Å². The maximum absolute atomic E-state index is 13.0. The van der Waals surface area contributed by atoms with Crippen LogP contribution in [-0.4, -0.2) is 109 Å². The van der Waals surface area contributed by atoms with Gasteiger partial charge in [0.2, 0.25) is 5.91 Å². The van der Waals surface area contributed by atoms with Crippen LogP contribution in [0, 0.1) is 0 Å². The van der Waals surface area contributed by atoms with Crippen LogP contribution in [0.2, 0.25) is 0 Å². The molecule has 0 heterocycles. The van der Waals surface area contributed by atoms with Gasteiger partial charge in [-0.2, -0.15) is 0 Å². The highest BCUT2D eigenvalue weighted by Crippen LogP contribution is 2.45. The Morgan fingerprint density at radius 3 is 0.783 bits per heavy atom. The Morgan fingerprint density at radius 2 is 0.533 bits per heavy atom. The lowest BCUT2D eigenvalue weighted by atomic mass is 10.0. The van der Waals surface area contributed by atoms with Crippen molar-refractivity contribution in [2.75, 3.05) is 46.2 Å². The van der Waals surface area contributed by atoms with Crippen molar-refractivity contribution in [2.24, 2.45) is 0 Å². The third kappa shape index (κ3) is 66.2. The largest absolute Gasteiger partial charge is 0.472 e. The van der Waals surface area contributed by atoms with E-state index in [1.807, 2.05) is 0 Å². The molecule has 19 nitrogen and oxygen atoms in total. The lowest BCUT2D eigenvalue weighted by Gasteiger charge is -2.21. The molecule has 0 aromatic heterocycles. The SMILES string of the molecule is CCCCCCCCCCCCCCCC(=O)OC[C@H](COP(=O)(O)OC[C@@H](O)COP(=O)(O)OC[C@@H](COC(=O)CCCCCCCCCCCNC(C)=O)OC(=O)CCCCCCCCCCCCCCC)OC(=O)CCCCCCCCCCCCCCC. The van der Waals surface area contributed by atoms with Gasteiger partial charge in [0.25, 0.3) is 0 Å². The summed E-state index contributed by atoms with van der Waals surface area (Å²) in [5.74, 6) is -2.19. The molecule has 1 amide bonds. The number of hydrogen-bond acceptors (Lipinski definition) is 16. The number of aliphatic hydroxyl groups is 1. The van der Waals surface area contributed by atoms with Crippen molar-refractivity contribution in [3.63, 3.8) is 0 Å². The first-order chi connectivity index (χ1) is 44.5. The zero-order valence-electron chi connectivity index (χ0n) is 58.8. The number of amides is 1. The Kier molecular flexibility index (Phi) is 64.0. The van der Waals surface area contributed by atoms with Gasteiger partial charge in [-0.25, -0.2) is 9.13 Å². The third-order valence-corrected chi connectivity index (χ3v) is 18.5. The molecular formula is C71H137NO18P2. The van der Waals surface area contributed by atoms with E-state index in [1.54, 1.807) is 0 Å². The molecule has 0 spiro atoms. The summed E-state index contributed by atoms with van der Waals surface area (Å²) in [5.41, 5.74) is 0. The normalized spacial score (nSPS) is 13.9. The number of carbonyl (C=O) groups excluding carboxylic acids is 5. The van der Waals surface area contributed by atoms with E-state index < -0.39 is 97.5 Å². The molecule has 0 fully saturated rings. The second-order valence-corrected chi connectivity index (χ2v) is 28.7. The van der Waals surface area contributed by atoms with Crippen LogP contribution < -0.4 is 5.32 Å². The number of carbonyl (C=O) groups is 5. The molecule has 92 heavy (non-hydrogen) atoms. The van der Waals surface area contributed by atoms with Gasteiger partial charge in [-0.1, -0.05) is 297 Å². The molecule has 544 valence electrons. The highest BCUT2D eigenvalue weighted by atomic mass is 31.2. The number of nitrogens with one attached hydrogen (secondary N) is 1. The van der Waals surface area contributed by atoms with E-state index >= 15 is 0 Å². The minimum atomic E-state index is -4.97. The van der Waals surface area contributed by atoms with Crippen molar-refractivity contribution in [1.82, 2.24) is 5.32 Å². The van der Waals surface area contributed by atoms with Crippen LogP contribution in [0.15, 0.2) is 0 Å². The quantitative estimate of drug-likeness (QED) is 0.0191. The van der Waals surface area contributed by atoms with Crippen molar-refractivity contribution < 1.29 is 85.0 Å². The molecule has 0 aliphatic heterocycles. The van der Waals surface area contributed by atoms with Gasteiger partial charge in [-0.15, -0.1) is 0 Å². The number of phosphoric acid groups is 2. The Bertz CT molecular complexity index is 1830. The summed E-state index contributed by atoms with van der Waals surface area (Å²) < 4.78 is 68.3. The molecule has 2 unspecified atom stereocenters. The van der Waals surface area contributed by atoms with Crippen LogP contribution in [0.5, 0.6) is 0 Å². The van der Waals surface area contributed by atoms with Crippen LogP contribution in [0.4, 0.5) is 0 Å². The minimum Gasteiger partial charge on any atom is -0.462 e. The van der Waals surface area contributed by atoms with Gasteiger partial charge in [0.1, 0.15) is 19.3 Å². The zero-order chi connectivity index (χ0) is 67.7. The molecule has 0 saturated carbocycles. The number of ether oxygens (including phenoxy) is 4. The maximum Gasteiger partial charge on any atom is 0.472 e. The number of esters is 4. The fraction of sp³-hybridized carbons (Fsp3) is 0.930. The third-order valence-electron chi connectivity index (χ3n) is 16.5. The van der Waals surface area contributed by atoms with Crippen LogP contribution in [0.1, 0.15) is 362 Å². The molecule has 0 saturated heterocycles. The molecule has 0 rings (SSSR count). The van der Waals surface area contributed by atoms with Gasteiger partial charge < -0.3 is 39.2 Å². The van der Waals surface area contributed by atoms with Crippen LogP contribution in [-0.2, 0) is 70.1 Å². The van der Waals surface area contributed by atoms with Gasteiger partial charge in [0.15, 0.2) is 12.2 Å². The average Bonchev–Trinajstić information content (AvgIpc) is 2.11. The number of rotatable bonds is 72. The highest BCUT2D eigenvalue weighted by Gasteiger charge is 2.30. The Hall–Kier alpha value is -2.47. The smallest absolute Gasteiger partial charge is 0.462 e. The second-order valence-electron chi connectivity index (χ2n) is 25.8. The Labute approximate surface area is 559 Å². The van der Waals surface area contributed by atoms with Crippen LogP contribution in [0.25, 0.3) is 0 Å². The Balaban J connectivity index is 5.26. The Morgan fingerprint density at radius 1 is 0.315 bits per heavy atom. The maximum atomic E-state index is 13.0. The number of phosphoric ester groups is 2. The summed E-state index contributed by atoms with van der Waals surface area (Å²) in [7, 11) is -9.93. The standard InChI is InChI=1S/C71H137NO18P2/c1-5-8-11-14-17-20-23-26-29-33-38-43-48-53-68(75)83-60-66(89-70(77)55-50-45-40-34-30-27-24-21-18-15-12-9-6-2)62-87-91(79,80)85-58-65(74)59-86-92(81,82)88-63-67(90-71(78)56-51-46-41-35-31-28-25-22-19-16-13-10-7-3)61-84-69(76)54-49-44-39-36-32-37-42-47-52-57-72-64(4)73/h65-67,74H,5-63H2,1-4H3,(H,72,73)(H,79,80)(H,81,82)/t65-,66-,67-/m1/s1. The summed E-state index contributed by atoms with van der Waals surface area (Å²) in [4.78, 5) is 83.7. The molecule has 21 heteroatoms. The molecule has 0 aromatic rings. The van der Waals surface area contributed by atoms with Crippen molar-refractivity contribution in [3.8, 4) is 0 Å². The van der Waals surface area contributed by atoms with E-state index in [0.717, 1.165) is 122 Å².